The number of rotatable bonds is 10. The van der Waals surface area contributed by atoms with E-state index in [0.717, 1.165) is 18.4 Å². The third-order valence-corrected chi connectivity index (χ3v) is 9.21. The molecule has 3 aliphatic heterocycles. The minimum absolute atomic E-state index is 0.00500. The van der Waals surface area contributed by atoms with Crippen molar-refractivity contribution in [1.82, 2.24) is 20.9 Å². The van der Waals surface area contributed by atoms with Crippen LogP contribution in [-0.4, -0.2) is 81.3 Å². The zero-order chi connectivity index (χ0) is 37.7. The Labute approximate surface area is 298 Å². The molecule has 3 amide bonds. The standard InChI is InChI=1S/C26H21N3O10.C8H9NO3S/c1-37-20-6-7-27-10-17(20)28-26(36)23(13-2-4-14(5-3-13)38-12-22(32)33)29-25(35)16-11-39-21-9-19(31)18(30)8-15(21)24(16)34;1-4-6(10)9-5(8(11)12)2-3-13-7(4)9/h2-5,7-9,11,23,27H,10,12H2,1H3,(H4-,28,29,30,31,32,33,34,35,36);2,4,7H,3H2,1H3,(H,11,12)/t;4-,7-/m.0/s1. The lowest BCUT2D eigenvalue weighted by atomic mass is 9.99. The van der Waals surface area contributed by atoms with Crippen molar-refractivity contribution < 1.29 is 58.3 Å². The highest BCUT2D eigenvalue weighted by Crippen LogP contribution is 2.40. The number of carboxylic acid groups (broad SMARTS) is 2. The predicted molar refractivity (Wildman–Crippen MR) is 179 cm³/mol. The largest absolute Gasteiger partial charge is 0.543 e. The fourth-order valence-electron chi connectivity index (χ4n) is 5.25. The number of aromatic hydroxyl groups is 2. The van der Waals surface area contributed by atoms with Crippen LogP contribution in [0.5, 0.6) is 17.2 Å². The van der Waals surface area contributed by atoms with Gasteiger partial charge in [-0.15, -0.1) is 11.8 Å². The van der Waals surface area contributed by atoms with Gasteiger partial charge in [0, 0.05) is 11.8 Å². The van der Waals surface area contributed by atoms with Crippen molar-refractivity contribution in [2.75, 3.05) is 26.0 Å². The summed E-state index contributed by atoms with van der Waals surface area (Å²) in [6.07, 6.45) is 6.72. The number of fused-ring (bicyclic) bond motifs is 2. The summed E-state index contributed by atoms with van der Waals surface area (Å²) in [6.45, 7) is 1.44. The van der Waals surface area contributed by atoms with E-state index in [9.17, 15) is 44.1 Å². The first kappa shape index (κ1) is 36.8. The second-order valence-electron chi connectivity index (χ2n) is 11.2. The number of methoxy groups -OCH3 is 1. The van der Waals surface area contributed by atoms with Gasteiger partial charge < -0.3 is 49.7 Å². The quantitative estimate of drug-likeness (QED) is 0.0924. The monoisotopic (exact) mass is 734 g/mol. The van der Waals surface area contributed by atoms with Gasteiger partial charge in [0.1, 0.15) is 35.7 Å². The normalized spacial score (nSPS) is 17.8. The van der Waals surface area contributed by atoms with Crippen LogP contribution in [0.3, 0.4) is 0 Å². The summed E-state index contributed by atoms with van der Waals surface area (Å²) in [5.41, 5.74) is -0.677. The zero-order valence-corrected chi connectivity index (χ0v) is 28.1. The van der Waals surface area contributed by atoms with Crippen LogP contribution < -0.4 is 31.2 Å². The Morgan fingerprint density at radius 2 is 1.87 bits per heavy atom. The van der Waals surface area contributed by atoms with E-state index in [2.05, 4.69) is 22.0 Å². The fourth-order valence-corrected chi connectivity index (χ4v) is 6.47. The molecular weight excluding hydrogens is 704 g/mol. The Bertz CT molecular complexity index is 2090. The van der Waals surface area contributed by atoms with Gasteiger partial charge >= 0.3 is 11.7 Å². The van der Waals surface area contributed by atoms with E-state index in [0.29, 0.717) is 11.4 Å². The molecule has 0 saturated carbocycles. The van der Waals surface area contributed by atoms with Gasteiger partial charge in [-0.3, -0.25) is 24.1 Å². The van der Waals surface area contributed by atoms with Crippen LogP contribution in [0.1, 0.15) is 28.9 Å². The molecule has 4 heterocycles. The first-order valence-corrected chi connectivity index (χ1v) is 16.3. The van der Waals surface area contributed by atoms with Crippen molar-refractivity contribution in [3.63, 3.8) is 0 Å². The zero-order valence-electron chi connectivity index (χ0n) is 27.3. The van der Waals surface area contributed by atoms with Crippen LogP contribution >= 0.6 is 11.8 Å². The number of amides is 3. The second-order valence-corrected chi connectivity index (χ2v) is 12.4. The van der Waals surface area contributed by atoms with Crippen LogP contribution in [0.2, 0.25) is 0 Å². The first-order chi connectivity index (χ1) is 24.8. The molecule has 0 radical (unpaired) electrons. The molecule has 1 saturated heterocycles. The molecular formula is C34H30N4O13S. The first-order valence-electron chi connectivity index (χ1n) is 15.3. The molecule has 3 atom stereocenters. The maximum atomic E-state index is 13.4. The summed E-state index contributed by atoms with van der Waals surface area (Å²) in [7, 11) is 1.40. The number of phenols is 2. The van der Waals surface area contributed by atoms with Gasteiger partial charge in [0.15, 0.2) is 30.4 Å². The molecule has 0 aliphatic carbocycles. The van der Waals surface area contributed by atoms with Crippen molar-refractivity contribution in [2.45, 2.75) is 18.3 Å². The smallest absolute Gasteiger partial charge is 0.373 e. The van der Waals surface area contributed by atoms with Crippen LogP contribution in [-0.2, 0) is 23.9 Å². The summed E-state index contributed by atoms with van der Waals surface area (Å²) in [4.78, 5) is 73.5. The highest BCUT2D eigenvalue weighted by atomic mass is 32.2. The van der Waals surface area contributed by atoms with Gasteiger partial charge in [-0.05, 0) is 29.8 Å². The van der Waals surface area contributed by atoms with E-state index in [1.807, 2.05) is 6.92 Å². The van der Waals surface area contributed by atoms with Crippen LogP contribution in [0.4, 0.5) is 0 Å². The molecule has 18 heteroatoms. The lowest BCUT2D eigenvalue weighted by Gasteiger charge is -2.48. The number of nitrogens with one attached hydrogen (secondary N) is 3. The molecule has 1 fully saturated rings. The number of thioether (sulfide) groups is 1. The molecule has 6 N–H and O–H groups in total. The molecule has 3 aromatic rings. The van der Waals surface area contributed by atoms with Gasteiger partial charge in [0.05, 0.1) is 35.5 Å². The van der Waals surface area contributed by atoms with Crippen molar-refractivity contribution in [3.8, 4) is 17.2 Å². The number of ether oxygens (including phenoxy) is 2. The Morgan fingerprint density at radius 1 is 1.15 bits per heavy atom. The lowest BCUT2D eigenvalue weighted by Crippen LogP contribution is -2.60. The fraction of sp³-hybridized carbons (Fsp3) is 0.235. The second kappa shape index (κ2) is 15.6. The number of hydrogen-bond acceptors (Lipinski definition) is 14. The average molecular weight is 735 g/mol. The molecule has 270 valence electrons. The molecule has 1 aromatic heterocycles. The maximum absolute atomic E-state index is 13.4. The molecule has 17 nitrogen and oxygen atoms in total. The van der Waals surface area contributed by atoms with Gasteiger partial charge in [-0.2, -0.15) is 0 Å². The number of benzene rings is 2. The van der Waals surface area contributed by atoms with Crippen LogP contribution in [0.25, 0.3) is 11.0 Å². The summed E-state index contributed by atoms with van der Waals surface area (Å²) in [5.74, 6) is -4.23. The number of nitrogens with zero attached hydrogens (tertiary/aromatic N) is 1. The number of allylic oxidation sites excluding steroid dienone is 1. The number of carboxylic acids is 2. The van der Waals surface area contributed by atoms with Gasteiger partial charge in [0.2, 0.25) is 17.0 Å². The minimum atomic E-state index is -1.34. The van der Waals surface area contributed by atoms with E-state index < -0.39 is 58.9 Å². The number of dihydropyridines is 1. The molecule has 52 heavy (non-hydrogen) atoms. The van der Waals surface area contributed by atoms with Gasteiger partial charge in [-0.1, -0.05) is 19.1 Å². The van der Waals surface area contributed by atoms with Crippen molar-refractivity contribution >= 4 is 52.4 Å². The van der Waals surface area contributed by atoms with Gasteiger partial charge in [0.25, 0.3) is 11.8 Å². The van der Waals surface area contributed by atoms with E-state index in [-0.39, 0.29) is 57.5 Å². The molecule has 3 aliphatic rings. The molecule has 0 spiro atoms. The highest BCUT2D eigenvalue weighted by molar-refractivity contribution is 8.00. The minimum Gasteiger partial charge on any atom is -0.543 e. The van der Waals surface area contributed by atoms with Crippen molar-refractivity contribution in [1.29, 1.82) is 0 Å². The average Bonchev–Trinajstić information content (AvgIpc) is 3.13. The lowest BCUT2D eigenvalue weighted by molar-refractivity contribution is -0.301. The molecule has 6 rings (SSSR count). The maximum Gasteiger partial charge on any atom is 0.373 e. The van der Waals surface area contributed by atoms with E-state index in [4.69, 9.17) is 19.0 Å². The van der Waals surface area contributed by atoms with Gasteiger partial charge in [-0.25, -0.2) is 10.1 Å². The van der Waals surface area contributed by atoms with E-state index >= 15 is 0 Å². The van der Waals surface area contributed by atoms with Crippen LogP contribution in [0, 0.1) is 12.0 Å². The van der Waals surface area contributed by atoms with Crippen molar-refractivity contribution in [2.24, 2.45) is 5.92 Å². The predicted octanol–water partition coefficient (Wildman–Crippen LogP) is 0.204. The summed E-state index contributed by atoms with van der Waals surface area (Å²) in [6, 6.07) is 6.39. The highest BCUT2D eigenvalue weighted by Gasteiger charge is 2.47. The van der Waals surface area contributed by atoms with Crippen LogP contribution in [0.15, 0.2) is 81.3 Å². The van der Waals surface area contributed by atoms with E-state index in [1.165, 1.54) is 48.6 Å². The Hall–Kier alpha value is -6.52. The number of aliphatic carboxylic acids is 2. The third kappa shape index (κ3) is 7.77. The molecule has 0 bridgehead atoms. The Morgan fingerprint density at radius 3 is 2.54 bits per heavy atom. The number of hydrogen-bond donors (Lipinski definition) is 6. The number of phenolic OH excluding ortho intramolecular Hbond substituents is 2. The molecule has 1 unspecified atom stereocenters. The Kier molecular flexibility index (Phi) is 11.0. The topological polar surface area (TPSA) is 257 Å². The summed E-state index contributed by atoms with van der Waals surface area (Å²) < 4.78 is 15.6. The van der Waals surface area contributed by atoms with E-state index in [1.54, 1.807) is 11.8 Å². The number of carbonyl (C=O) groups excluding carboxylic acids is 4. The molecule has 2 aromatic carbocycles. The number of carbonyl (C=O) groups is 5. The Balaban J connectivity index is 0.000000335. The third-order valence-electron chi connectivity index (χ3n) is 7.89. The van der Waals surface area contributed by atoms with Crippen molar-refractivity contribution in [3.05, 3.63) is 99.5 Å². The summed E-state index contributed by atoms with van der Waals surface area (Å²) in [5, 5.41) is 46.7. The SMILES string of the molecule is COC1=C(NC(=O)C(NC(=O)c2coc3cc(O)c(O)cc3c2=O)c2ccc(OCC(=O)O)cc2)CNC=[C+]1.C[C@H]1C(=O)N2C(C(=O)[O-])=CCS[C@@H]12. The number of β-lactam (4-membered cyclic amide) rings is 1. The summed E-state index contributed by atoms with van der Waals surface area (Å²) >= 11 is 1.58.